The predicted molar refractivity (Wildman–Crippen MR) is 163 cm³/mol. The van der Waals surface area contributed by atoms with Crippen LogP contribution >= 0.6 is 0 Å². The lowest BCUT2D eigenvalue weighted by atomic mass is 9.96. The SMILES string of the molecule is CCCCC1=NC2(CCCC2)C(=O)N1Cc1cc(C=O)c(-c2ccccc2S(=O)(=O)N(COC)c2noc(C)c2C)cc1F. The second-order valence-corrected chi connectivity index (χ2v) is 13.2. The van der Waals surface area contributed by atoms with Crippen LogP contribution in [0.2, 0.25) is 0 Å². The van der Waals surface area contributed by atoms with Gasteiger partial charge in [-0.15, -0.1) is 0 Å². The van der Waals surface area contributed by atoms with E-state index in [0.717, 1.165) is 36.1 Å². The van der Waals surface area contributed by atoms with Crippen LogP contribution in [-0.4, -0.2) is 55.9 Å². The van der Waals surface area contributed by atoms with Crippen LogP contribution in [0.3, 0.4) is 0 Å². The van der Waals surface area contributed by atoms with Crippen molar-refractivity contribution in [2.24, 2.45) is 4.99 Å². The molecule has 0 atom stereocenters. The van der Waals surface area contributed by atoms with Crippen molar-refractivity contribution in [1.82, 2.24) is 10.1 Å². The van der Waals surface area contributed by atoms with E-state index in [9.17, 15) is 18.0 Å². The number of anilines is 1. The molecule has 0 bridgehead atoms. The number of benzene rings is 2. The Bertz CT molecular complexity index is 1710. The van der Waals surface area contributed by atoms with Gasteiger partial charge >= 0.3 is 0 Å². The molecule has 1 aromatic heterocycles. The second-order valence-electron chi connectivity index (χ2n) is 11.4. The summed E-state index contributed by atoms with van der Waals surface area (Å²) in [7, 11) is -2.97. The lowest BCUT2D eigenvalue weighted by Crippen LogP contribution is -2.40. The van der Waals surface area contributed by atoms with E-state index in [1.54, 1.807) is 30.9 Å². The van der Waals surface area contributed by atoms with Crippen LogP contribution < -0.4 is 4.31 Å². The summed E-state index contributed by atoms with van der Waals surface area (Å²) in [6, 6.07) is 8.61. The monoisotopic (exact) mass is 624 g/mol. The summed E-state index contributed by atoms with van der Waals surface area (Å²) in [6.07, 6.45) is 6.14. The number of aldehydes is 1. The molecule has 1 fully saturated rings. The maximum Gasteiger partial charge on any atom is 0.268 e. The van der Waals surface area contributed by atoms with Gasteiger partial charge in [0.1, 0.15) is 29.7 Å². The summed E-state index contributed by atoms with van der Waals surface area (Å²) in [5.41, 5.74) is 0.222. The molecule has 3 aromatic rings. The normalized spacial score (nSPS) is 16.2. The molecule has 0 N–H and O–H groups in total. The number of amidine groups is 1. The van der Waals surface area contributed by atoms with E-state index in [1.165, 1.54) is 25.3 Å². The van der Waals surface area contributed by atoms with E-state index in [1.807, 2.05) is 0 Å². The van der Waals surface area contributed by atoms with Gasteiger partial charge in [0.25, 0.3) is 15.9 Å². The van der Waals surface area contributed by atoms with Crippen molar-refractivity contribution in [3.63, 3.8) is 0 Å². The van der Waals surface area contributed by atoms with Crippen molar-refractivity contribution in [2.45, 2.75) is 82.7 Å². The Hall–Kier alpha value is -3.90. The molecular formula is C32H37FN4O6S. The van der Waals surface area contributed by atoms with Crippen LogP contribution in [0.5, 0.6) is 0 Å². The first kappa shape index (κ1) is 31.5. The number of aryl methyl sites for hydroxylation is 1. The van der Waals surface area contributed by atoms with Crippen molar-refractivity contribution in [1.29, 1.82) is 0 Å². The third kappa shape index (κ3) is 5.56. The molecular weight excluding hydrogens is 587 g/mol. The Morgan fingerprint density at radius 3 is 2.52 bits per heavy atom. The fraction of sp³-hybridized carbons (Fsp3) is 0.438. The summed E-state index contributed by atoms with van der Waals surface area (Å²) < 4.78 is 55.4. The van der Waals surface area contributed by atoms with E-state index in [-0.39, 0.29) is 52.1 Å². The quantitative estimate of drug-likeness (QED) is 0.180. The zero-order valence-electron chi connectivity index (χ0n) is 25.4. The number of carbonyl (C=O) groups excluding carboxylic acids is 2. The van der Waals surface area contributed by atoms with Gasteiger partial charge in [0.2, 0.25) is 0 Å². The minimum atomic E-state index is -4.33. The lowest BCUT2D eigenvalue weighted by molar-refractivity contribution is -0.131. The Kier molecular flexibility index (Phi) is 9.03. The van der Waals surface area contributed by atoms with Crippen LogP contribution in [0.4, 0.5) is 10.2 Å². The van der Waals surface area contributed by atoms with Crippen LogP contribution in [0.25, 0.3) is 11.1 Å². The number of methoxy groups -OCH3 is 1. The third-order valence-corrected chi connectivity index (χ3v) is 10.3. The molecule has 1 spiro atoms. The summed E-state index contributed by atoms with van der Waals surface area (Å²) >= 11 is 0. The minimum Gasteiger partial charge on any atom is -0.363 e. The highest BCUT2D eigenvalue weighted by atomic mass is 32.2. The van der Waals surface area contributed by atoms with E-state index in [0.29, 0.717) is 42.7 Å². The van der Waals surface area contributed by atoms with Gasteiger partial charge in [-0.2, -0.15) is 0 Å². The van der Waals surface area contributed by atoms with E-state index in [2.05, 4.69) is 12.1 Å². The second kappa shape index (κ2) is 12.6. The maximum absolute atomic E-state index is 15.9. The Labute approximate surface area is 256 Å². The Morgan fingerprint density at radius 1 is 1.16 bits per heavy atom. The maximum atomic E-state index is 15.9. The topological polar surface area (TPSA) is 122 Å². The van der Waals surface area contributed by atoms with Crippen LogP contribution in [0, 0.1) is 19.7 Å². The lowest BCUT2D eigenvalue weighted by Gasteiger charge is -2.24. The van der Waals surface area contributed by atoms with Gasteiger partial charge in [0, 0.05) is 35.8 Å². The Balaban J connectivity index is 1.54. The zero-order chi connectivity index (χ0) is 31.6. The van der Waals surface area contributed by atoms with Gasteiger partial charge in [-0.25, -0.2) is 17.1 Å². The number of rotatable bonds is 12. The van der Waals surface area contributed by atoms with Gasteiger partial charge in [-0.3, -0.25) is 19.5 Å². The first-order valence-electron chi connectivity index (χ1n) is 14.8. The van der Waals surface area contributed by atoms with Gasteiger partial charge in [-0.1, -0.05) is 49.5 Å². The van der Waals surface area contributed by atoms with E-state index < -0.39 is 21.4 Å². The molecule has 234 valence electrons. The van der Waals surface area contributed by atoms with Crippen LogP contribution in [0.15, 0.2) is 50.8 Å². The molecule has 1 aliphatic carbocycles. The molecule has 44 heavy (non-hydrogen) atoms. The number of ether oxygens (including phenoxy) is 1. The smallest absolute Gasteiger partial charge is 0.268 e. The molecule has 5 rings (SSSR count). The largest absolute Gasteiger partial charge is 0.363 e. The molecule has 0 radical (unpaired) electrons. The summed E-state index contributed by atoms with van der Waals surface area (Å²) in [5, 5.41) is 3.93. The molecule has 2 heterocycles. The molecule has 0 saturated heterocycles. The van der Waals surface area contributed by atoms with Gasteiger partial charge < -0.3 is 9.26 Å². The number of unbranched alkanes of at least 4 members (excludes halogenated alkanes) is 1. The molecule has 2 aromatic carbocycles. The van der Waals surface area contributed by atoms with Crippen molar-refractivity contribution < 1.29 is 31.7 Å². The average molecular weight is 625 g/mol. The molecule has 2 aliphatic rings. The number of halogens is 1. The average Bonchev–Trinajstić information content (AvgIpc) is 3.70. The standard InChI is InChI=1S/C32H37FN4O6S/c1-5-6-13-29-34-32(14-9-10-15-32)31(39)36(29)18-23-16-24(19-38)26(17-27(23)33)25-11-7-8-12-28(25)44(40,41)37(20-42-4)30-21(2)22(3)43-35-30/h7-8,11-12,16-17,19H,5-6,9-10,13-15,18,20H2,1-4H3. The summed E-state index contributed by atoms with van der Waals surface area (Å²) in [4.78, 5) is 32.3. The summed E-state index contributed by atoms with van der Waals surface area (Å²) in [5.74, 6) is 0.383. The number of hydrogen-bond donors (Lipinski definition) is 0. The third-order valence-electron chi connectivity index (χ3n) is 8.52. The van der Waals surface area contributed by atoms with E-state index in [4.69, 9.17) is 14.3 Å². The molecule has 1 saturated carbocycles. The minimum absolute atomic E-state index is 0.0622. The number of aromatic nitrogens is 1. The summed E-state index contributed by atoms with van der Waals surface area (Å²) in [6.45, 7) is 4.98. The van der Waals surface area contributed by atoms with Gasteiger partial charge in [-0.05, 0) is 56.9 Å². The number of carbonyl (C=O) groups is 2. The van der Waals surface area contributed by atoms with Crippen molar-refractivity contribution in [3.05, 3.63) is 64.7 Å². The molecule has 12 heteroatoms. The number of sulfonamides is 1. The fourth-order valence-electron chi connectivity index (χ4n) is 5.99. The highest BCUT2D eigenvalue weighted by Gasteiger charge is 2.49. The Morgan fingerprint density at radius 2 is 1.89 bits per heavy atom. The fourth-order valence-corrected chi connectivity index (χ4v) is 7.58. The van der Waals surface area contributed by atoms with Crippen LogP contribution in [-0.2, 0) is 26.1 Å². The van der Waals surface area contributed by atoms with Crippen molar-refractivity contribution in [3.8, 4) is 11.1 Å². The highest BCUT2D eigenvalue weighted by molar-refractivity contribution is 7.93. The van der Waals surface area contributed by atoms with Gasteiger partial charge in [0.05, 0.1) is 11.4 Å². The molecule has 0 unspecified atom stereocenters. The van der Waals surface area contributed by atoms with Gasteiger partial charge in [0.15, 0.2) is 12.1 Å². The highest BCUT2D eigenvalue weighted by Crippen LogP contribution is 2.41. The van der Waals surface area contributed by atoms with Crippen molar-refractivity contribution >= 4 is 33.9 Å². The predicted octanol–water partition coefficient (Wildman–Crippen LogP) is 5.95. The number of hydrogen-bond acceptors (Lipinski definition) is 8. The number of amides is 1. The first-order valence-corrected chi connectivity index (χ1v) is 16.2. The zero-order valence-corrected chi connectivity index (χ0v) is 26.2. The molecule has 10 nitrogen and oxygen atoms in total. The number of aliphatic imine (C=N–C) groups is 1. The first-order chi connectivity index (χ1) is 21.1. The van der Waals surface area contributed by atoms with Crippen LogP contribution in [0.1, 0.15) is 79.1 Å². The number of nitrogens with zero attached hydrogens (tertiary/aromatic N) is 4. The van der Waals surface area contributed by atoms with Crippen molar-refractivity contribution in [2.75, 3.05) is 18.1 Å². The molecule has 1 aliphatic heterocycles. The molecule has 1 amide bonds. The van der Waals surface area contributed by atoms with E-state index >= 15 is 4.39 Å².